The number of thioether (sulfide) groups is 1. The van der Waals surface area contributed by atoms with Gasteiger partial charge in [-0.3, -0.25) is 0 Å². The molecule has 2 aromatic rings. The second-order valence-corrected chi connectivity index (χ2v) is 4.83. The van der Waals surface area contributed by atoms with Gasteiger partial charge in [-0.2, -0.15) is 0 Å². The Bertz CT molecular complexity index is 445. The Kier molecular flexibility index (Phi) is 4.97. The fourth-order valence-corrected chi connectivity index (χ4v) is 2.30. The average Bonchev–Trinajstić information content (AvgIpc) is 2.45. The van der Waals surface area contributed by atoms with Crippen molar-refractivity contribution in [1.82, 2.24) is 0 Å². The lowest BCUT2D eigenvalue weighted by Crippen LogP contribution is -2.28. The first kappa shape index (κ1) is 12.8. The minimum Gasteiger partial charge on any atom is -0.368 e. The topological polar surface area (TPSA) is 15.3 Å². The van der Waals surface area contributed by atoms with E-state index in [2.05, 4.69) is 52.9 Å². The number of nitrogens with one attached hydrogen (secondary N) is 1. The van der Waals surface area contributed by atoms with Crippen LogP contribution in [-0.2, 0) is 0 Å². The Labute approximate surface area is 113 Å². The number of para-hydroxylation sites is 2. The van der Waals surface area contributed by atoms with Gasteiger partial charge in [0, 0.05) is 11.4 Å². The maximum atomic E-state index is 3.44. The molecular weight excluding hydrogens is 240 g/mol. The summed E-state index contributed by atoms with van der Waals surface area (Å²) in [5.41, 5.74) is 2.40. The molecule has 0 spiro atoms. The van der Waals surface area contributed by atoms with Gasteiger partial charge in [0.05, 0.1) is 12.5 Å². The normalized spacial score (nSPS) is 10.1. The molecule has 18 heavy (non-hydrogen) atoms. The van der Waals surface area contributed by atoms with Crippen LogP contribution in [0.25, 0.3) is 0 Å². The monoisotopic (exact) mass is 258 g/mol. The van der Waals surface area contributed by atoms with Crippen LogP contribution >= 0.6 is 11.8 Å². The van der Waals surface area contributed by atoms with Gasteiger partial charge >= 0.3 is 0 Å². The van der Waals surface area contributed by atoms with Gasteiger partial charge in [-0.05, 0) is 30.5 Å². The third-order valence-electron chi connectivity index (χ3n) is 2.65. The molecule has 2 rings (SSSR count). The standard InChI is InChI=1S/C15H18N2S/c1-18-13-17(15-10-6-3-7-11-15)12-16-14-8-4-2-5-9-14/h2-11,16H,12-13H2,1H3. The van der Waals surface area contributed by atoms with Gasteiger partial charge < -0.3 is 10.2 Å². The molecule has 3 heteroatoms. The quantitative estimate of drug-likeness (QED) is 0.792. The summed E-state index contributed by atoms with van der Waals surface area (Å²) < 4.78 is 0. The van der Waals surface area contributed by atoms with Crippen molar-refractivity contribution in [2.24, 2.45) is 0 Å². The molecule has 0 bridgehead atoms. The van der Waals surface area contributed by atoms with Crippen molar-refractivity contribution >= 4 is 23.1 Å². The van der Waals surface area contributed by atoms with Crippen LogP contribution in [-0.4, -0.2) is 18.8 Å². The van der Waals surface area contributed by atoms with Crippen molar-refractivity contribution in [3.05, 3.63) is 60.7 Å². The van der Waals surface area contributed by atoms with Crippen LogP contribution < -0.4 is 10.2 Å². The molecule has 0 atom stereocenters. The first-order valence-corrected chi connectivity index (χ1v) is 7.37. The van der Waals surface area contributed by atoms with E-state index in [0.717, 1.165) is 18.2 Å². The van der Waals surface area contributed by atoms with Crippen LogP contribution in [0.15, 0.2) is 60.7 Å². The third kappa shape index (κ3) is 3.70. The van der Waals surface area contributed by atoms with Gasteiger partial charge in [-0.15, -0.1) is 11.8 Å². The number of nitrogens with zero attached hydrogens (tertiary/aromatic N) is 1. The van der Waals surface area contributed by atoms with Crippen LogP contribution in [0.4, 0.5) is 11.4 Å². The maximum absolute atomic E-state index is 3.44. The number of hydrogen-bond acceptors (Lipinski definition) is 3. The van der Waals surface area contributed by atoms with Crippen molar-refractivity contribution in [2.45, 2.75) is 0 Å². The largest absolute Gasteiger partial charge is 0.368 e. The van der Waals surface area contributed by atoms with Gasteiger partial charge in [-0.1, -0.05) is 36.4 Å². The average molecular weight is 258 g/mol. The van der Waals surface area contributed by atoms with E-state index < -0.39 is 0 Å². The van der Waals surface area contributed by atoms with Crippen LogP contribution in [0.3, 0.4) is 0 Å². The number of anilines is 2. The fourth-order valence-electron chi connectivity index (χ4n) is 1.75. The predicted octanol–water partition coefficient (Wildman–Crippen LogP) is 3.88. The van der Waals surface area contributed by atoms with Crippen molar-refractivity contribution in [1.29, 1.82) is 0 Å². The number of rotatable bonds is 6. The Morgan fingerprint density at radius 2 is 1.56 bits per heavy atom. The van der Waals surface area contributed by atoms with E-state index in [0.29, 0.717) is 0 Å². The van der Waals surface area contributed by atoms with E-state index in [9.17, 15) is 0 Å². The van der Waals surface area contributed by atoms with Crippen molar-refractivity contribution < 1.29 is 0 Å². The van der Waals surface area contributed by atoms with Gasteiger partial charge in [0.1, 0.15) is 0 Å². The third-order valence-corrected chi connectivity index (χ3v) is 3.22. The molecule has 0 aliphatic carbocycles. The van der Waals surface area contributed by atoms with Gasteiger partial charge in [0.25, 0.3) is 0 Å². The number of benzene rings is 2. The molecule has 0 fully saturated rings. The Morgan fingerprint density at radius 3 is 2.17 bits per heavy atom. The van der Waals surface area contributed by atoms with Crippen LogP contribution in [0.2, 0.25) is 0 Å². The highest BCUT2D eigenvalue weighted by Crippen LogP contribution is 2.16. The molecule has 0 amide bonds. The predicted molar refractivity (Wildman–Crippen MR) is 82.2 cm³/mol. The highest BCUT2D eigenvalue weighted by atomic mass is 32.2. The van der Waals surface area contributed by atoms with Crippen molar-refractivity contribution in [3.63, 3.8) is 0 Å². The van der Waals surface area contributed by atoms with E-state index in [-0.39, 0.29) is 0 Å². The summed E-state index contributed by atoms with van der Waals surface area (Å²) in [6.45, 7) is 0.814. The maximum Gasteiger partial charge on any atom is 0.0884 e. The summed E-state index contributed by atoms with van der Waals surface area (Å²) in [5, 5.41) is 3.44. The summed E-state index contributed by atoms with van der Waals surface area (Å²) in [4.78, 5) is 2.32. The molecule has 94 valence electrons. The van der Waals surface area contributed by atoms with E-state index in [1.165, 1.54) is 5.69 Å². The summed E-state index contributed by atoms with van der Waals surface area (Å²) in [6, 6.07) is 20.8. The zero-order chi connectivity index (χ0) is 12.6. The van der Waals surface area contributed by atoms with Crippen molar-refractivity contribution in [2.75, 3.05) is 29.0 Å². The van der Waals surface area contributed by atoms with Crippen LogP contribution in [0.1, 0.15) is 0 Å². The smallest absolute Gasteiger partial charge is 0.0884 e. The molecule has 0 radical (unpaired) electrons. The minimum atomic E-state index is 0.814. The lowest BCUT2D eigenvalue weighted by Gasteiger charge is -2.24. The minimum absolute atomic E-state index is 0.814. The second-order valence-electron chi connectivity index (χ2n) is 3.99. The van der Waals surface area contributed by atoms with Gasteiger partial charge in [0.2, 0.25) is 0 Å². The summed E-state index contributed by atoms with van der Waals surface area (Å²) in [7, 11) is 0. The summed E-state index contributed by atoms with van der Waals surface area (Å²) in [6.07, 6.45) is 2.12. The molecule has 0 unspecified atom stereocenters. The molecule has 0 saturated carbocycles. The molecule has 0 saturated heterocycles. The van der Waals surface area contributed by atoms with Crippen LogP contribution in [0.5, 0.6) is 0 Å². The lowest BCUT2D eigenvalue weighted by molar-refractivity contribution is 0.957. The SMILES string of the molecule is CSCN(CNc1ccccc1)c1ccccc1. The summed E-state index contributed by atoms with van der Waals surface area (Å²) in [5.74, 6) is 0.976. The number of hydrogen-bond donors (Lipinski definition) is 1. The van der Waals surface area contributed by atoms with E-state index in [1.54, 1.807) is 0 Å². The second kappa shape index (κ2) is 6.97. The molecule has 0 aromatic heterocycles. The van der Waals surface area contributed by atoms with Gasteiger partial charge in [0.15, 0.2) is 0 Å². The Balaban J connectivity index is 1.99. The molecule has 0 heterocycles. The molecule has 1 N–H and O–H groups in total. The first-order valence-electron chi connectivity index (χ1n) is 5.98. The zero-order valence-electron chi connectivity index (χ0n) is 10.5. The van der Waals surface area contributed by atoms with E-state index in [1.807, 2.05) is 36.0 Å². The lowest BCUT2D eigenvalue weighted by atomic mass is 10.3. The molecule has 0 aliphatic heterocycles. The molecule has 0 aliphatic rings. The highest BCUT2D eigenvalue weighted by Gasteiger charge is 2.04. The zero-order valence-corrected chi connectivity index (χ0v) is 11.4. The van der Waals surface area contributed by atoms with Crippen LogP contribution in [0, 0.1) is 0 Å². The highest BCUT2D eigenvalue weighted by molar-refractivity contribution is 7.98. The molecule has 2 nitrogen and oxygen atoms in total. The Morgan fingerprint density at radius 1 is 0.944 bits per heavy atom. The van der Waals surface area contributed by atoms with E-state index in [4.69, 9.17) is 0 Å². The molecule has 2 aromatic carbocycles. The Hall–Kier alpha value is -1.61. The first-order chi connectivity index (χ1) is 8.90. The van der Waals surface area contributed by atoms with E-state index >= 15 is 0 Å². The van der Waals surface area contributed by atoms with Gasteiger partial charge in [-0.25, -0.2) is 0 Å². The fraction of sp³-hybridized carbons (Fsp3) is 0.200. The summed E-state index contributed by atoms with van der Waals surface area (Å²) >= 11 is 1.83. The molecular formula is C15H18N2S. The van der Waals surface area contributed by atoms with Crippen molar-refractivity contribution in [3.8, 4) is 0 Å².